The van der Waals surface area contributed by atoms with E-state index in [1.165, 1.54) is 6.33 Å². The topological polar surface area (TPSA) is 108 Å². The van der Waals surface area contributed by atoms with Crippen molar-refractivity contribution in [3.8, 4) is 17.2 Å². The third kappa shape index (κ3) is 3.75. The zero-order chi connectivity index (χ0) is 21.1. The SMILES string of the molecule is COc1cc(Nc2ncnc(Nc3ccc4c(cnn4C)c3)n2)cc(OC)c1OC. The number of nitrogens with one attached hydrogen (secondary N) is 2. The lowest BCUT2D eigenvalue weighted by Gasteiger charge is -2.14. The fraction of sp³-hybridized carbons (Fsp3) is 0.200. The molecule has 2 heterocycles. The monoisotopic (exact) mass is 407 g/mol. The highest BCUT2D eigenvalue weighted by Gasteiger charge is 2.14. The summed E-state index contributed by atoms with van der Waals surface area (Å²) >= 11 is 0. The number of methoxy groups -OCH3 is 3. The van der Waals surface area contributed by atoms with E-state index in [1.807, 2.05) is 36.1 Å². The first-order valence-corrected chi connectivity index (χ1v) is 9.06. The van der Waals surface area contributed by atoms with Gasteiger partial charge in [-0.05, 0) is 18.2 Å². The van der Waals surface area contributed by atoms with Gasteiger partial charge in [0.2, 0.25) is 17.6 Å². The van der Waals surface area contributed by atoms with Crippen LogP contribution < -0.4 is 24.8 Å². The summed E-state index contributed by atoms with van der Waals surface area (Å²) in [5.41, 5.74) is 2.57. The van der Waals surface area contributed by atoms with E-state index in [0.717, 1.165) is 16.6 Å². The largest absolute Gasteiger partial charge is 0.493 e. The second kappa shape index (κ2) is 8.11. The smallest absolute Gasteiger partial charge is 0.232 e. The van der Waals surface area contributed by atoms with E-state index in [2.05, 4.69) is 30.7 Å². The Bertz CT molecular complexity index is 1170. The molecule has 154 valence electrons. The summed E-state index contributed by atoms with van der Waals surface area (Å²) in [6.07, 6.45) is 3.24. The molecule has 2 aromatic carbocycles. The Labute approximate surface area is 172 Å². The molecule has 4 aromatic rings. The second-order valence-corrected chi connectivity index (χ2v) is 6.34. The molecule has 0 saturated carbocycles. The fourth-order valence-corrected chi connectivity index (χ4v) is 3.07. The maximum Gasteiger partial charge on any atom is 0.232 e. The predicted molar refractivity (Wildman–Crippen MR) is 113 cm³/mol. The van der Waals surface area contributed by atoms with Crippen LogP contribution in [0.1, 0.15) is 0 Å². The molecule has 0 aliphatic carbocycles. The number of hydrogen-bond donors (Lipinski definition) is 2. The first-order chi connectivity index (χ1) is 14.6. The number of benzene rings is 2. The Morgan fingerprint density at radius 1 is 0.833 bits per heavy atom. The van der Waals surface area contributed by atoms with Gasteiger partial charge in [-0.15, -0.1) is 0 Å². The van der Waals surface area contributed by atoms with Gasteiger partial charge < -0.3 is 24.8 Å². The first kappa shape index (κ1) is 19.2. The van der Waals surface area contributed by atoms with Gasteiger partial charge in [0.1, 0.15) is 6.33 Å². The number of anilines is 4. The molecule has 10 heteroatoms. The van der Waals surface area contributed by atoms with Crippen molar-refractivity contribution in [2.24, 2.45) is 7.05 Å². The Morgan fingerprint density at radius 3 is 2.13 bits per heavy atom. The third-order valence-corrected chi connectivity index (χ3v) is 4.50. The molecule has 4 rings (SSSR count). The van der Waals surface area contributed by atoms with Crippen LogP contribution in [0.15, 0.2) is 42.9 Å². The fourth-order valence-electron chi connectivity index (χ4n) is 3.07. The van der Waals surface area contributed by atoms with Crippen LogP contribution >= 0.6 is 0 Å². The quantitative estimate of drug-likeness (QED) is 0.477. The van der Waals surface area contributed by atoms with Crippen LogP contribution in [0.25, 0.3) is 10.9 Å². The molecule has 0 unspecified atom stereocenters. The van der Waals surface area contributed by atoms with E-state index in [1.54, 1.807) is 33.5 Å². The van der Waals surface area contributed by atoms with Gasteiger partial charge in [0.25, 0.3) is 0 Å². The molecule has 0 amide bonds. The summed E-state index contributed by atoms with van der Waals surface area (Å²) in [4.78, 5) is 12.8. The minimum atomic E-state index is 0.365. The van der Waals surface area contributed by atoms with Crippen molar-refractivity contribution >= 4 is 34.2 Å². The zero-order valence-corrected chi connectivity index (χ0v) is 17.0. The van der Waals surface area contributed by atoms with Gasteiger partial charge in [0.15, 0.2) is 11.5 Å². The molecule has 2 aromatic heterocycles. The van der Waals surface area contributed by atoms with E-state index in [-0.39, 0.29) is 0 Å². The average molecular weight is 407 g/mol. The number of ether oxygens (including phenoxy) is 3. The summed E-state index contributed by atoms with van der Waals surface area (Å²) in [7, 11) is 6.58. The van der Waals surface area contributed by atoms with Gasteiger partial charge in [-0.3, -0.25) is 4.68 Å². The van der Waals surface area contributed by atoms with E-state index in [0.29, 0.717) is 34.8 Å². The molecule has 0 bridgehead atoms. The highest BCUT2D eigenvalue weighted by Crippen LogP contribution is 2.40. The number of fused-ring (bicyclic) bond motifs is 1. The maximum absolute atomic E-state index is 5.38. The van der Waals surface area contributed by atoms with Crippen molar-refractivity contribution in [1.82, 2.24) is 24.7 Å². The lowest BCUT2D eigenvalue weighted by Crippen LogP contribution is -2.03. The standard InChI is InChI=1S/C20H21N7O3/c1-27-15-6-5-13(7-12(15)10-23-27)24-19-21-11-22-20(26-19)25-14-8-16(28-2)18(30-4)17(9-14)29-3/h5-11H,1-4H3,(H2,21,22,24,25,26). The molecule has 0 fully saturated rings. The second-order valence-electron chi connectivity index (χ2n) is 6.34. The molecule has 0 atom stereocenters. The van der Waals surface area contributed by atoms with Gasteiger partial charge in [0.05, 0.1) is 33.0 Å². The predicted octanol–water partition coefficient (Wildman–Crippen LogP) is 3.27. The number of rotatable bonds is 7. The Morgan fingerprint density at radius 2 is 1.50 bits per heavy atom. The van der Waals surface area contributed by atoms with Crippen molar-refractivity contribution in [3.05, 3.63) is 42.9 Å². The van der Waals surface area contributed by atoms with Gasteiger partial charge in [0, 0.05) is 35.9 Å². The molecule has 0 aliphatic rings. The molecule has 0 saturated heterocycles. The molecule has 0 spiro atoms. The minimum Gasteiger partial charge on any atom is -0.493 e. The molecule has 0 radical (unpaired) electrons. The number of aromatic nitrogens is 5. The van der Waals surface area contributed by atoms with E-state index >= 15 is 0 Å². The number of aryl methyl sites for hydroxylation is 1. The van der Waals surface area contributed by atoms with Crippen molar-refractivity contribution in [3.63, 3.8) is 0 Å². The molecule has 30 heavy (non-hydrogen) atoms. The molecule has 10 nitrogen and oxygen atoms in total. The van der Waals surface area contributed by atoms with Crippen molar-refractivity contribution < 1.29 is 14.2 Å². The van der Waals surface area contributed by atoms with Crippen LogP contribution in [0.4, 0.5) is 23.3 Å². The van der Waals surface area contributed by atoms with E-state index in [9.17, 15) is 0 Å². The van der Waals surface area contributed by atoms with Crippen molar-refractivity contribution in [2.45, 2.75) is 0 Å². The van der Waals surface area contributed by atoms with E-state index in [4.69, 9.17) is 14.2 Å². The maximum atomic E-state index is 5.38. The summed E-state index contributed by atoms with van der Waals surface area (Å²) < 4.78 is 17.9. The Balaban J connectivity index is 1.57. The summed E-state index contributed by atoms with van der Waals surface area (Å²) in [5, 5.41) is 11.6. The van der Waals surface area contributed by atoms with E-state index < -0.39 is 0 Å². The summed E-state index contributed by atoms with van der Waals surface area (Å²) in [6, 6.07) is 9.46. The van der Waals surface area contributed by atoms with Crippen LogP contribution in [0.5, 0.6) is 17.2 Å². The van der Waals surface area contributed by atoms with Crippen LogP contribution in [-0.4, -0.2) is 46.1 Å². The molecule has 0 aliphatic heterocycles. The average Bonchev–Trinajstić information content (AvgIpc) is 3.13. The molecule has 2 N–H and O–H groups in total. The van der Waals surface area contributed by atoms with Gasteiger partial charge in [-0.2, -0.15) is 10.1 Å². The first-order valence-electron chi connectivity index (χ1n) is 9.06. The zero-order valence-electron chi connectivity index (χ0n) is 17.0. The van der Waals surface area contributed by atoms with Gasteiger partial charge in [-0.1, -0.05) is 0 Å². The lowest BCUT2D eigenvalue weighted by molar-refractivity contribution is 0.324. The van der Waals surface area contributed by atoms with Gasteiger partial charge in [-0.25, -0.2) is 9.97 Å². The van der Waals surface area contributed by atoms with Crippen LogP contribution in [0, 0.1) is 0 Å². The summed E-state index contributed by atoms with van der Waals surface area (Å²) in [6.45, 7) is 0. The molecular formula is C20H21N7O3. The molecular weight excluding hydrogens is 386 g/mol. The Kier molecular flexibility index (Phi) is 5.21. The highest BCUT2D eigenvalue weighted by atomic mass is 16.5. The van der Waals surface area contributed by atoms with Crippen LogP contribution in [0.2, 0.25) is 0 Å². The van der Waals surface area contributed by atoms with Crippen molar-refractivity contribution in [2.75, 3.05) is 32.0 Å². The lowest BCUT2D eigenvalue weighted by atomic mass is 10.2. The van der Waals surface area contributed by atoms with Crippen LogP contribution in [-0.2, 0) is 7.05 Å². The van der Waals surface area contributed by atoms with Crippen molar-refractivity contribution in [1.29, 1.82) is 0 Å². The highest BCUT2D eigenvalue weighted by molar-refractivity contribution is 5.83. The third-order valence-electron chi connectivity index (χ3n) is 4.50. The van der Waals surface area contributed by atoms with Gasteiger partial charge >= 0.3 is 0 Å². The number of hydrogen-bond acceptors (Lipinski definition) is 9. The van der Waals surface area contributed by atoms with Crippen LogP contribution in [0.3, 0.4) is 0 Å². The Hall–Kier alpha value is -4.08. The minimum absolute atomic E-state index is 0.365. The summed E-state index contributed by atoms with van der Waals surface area (Å²) in [5.74, 6) is 2.33. The normalized spacial score (nSPS) is 10.7. The number of nitrogens with zero attached hydrogens (tertiary/aromatic N) is 5.